The average Bonchev–Trinajstić information content (AvgIpc) is 2.38. The summed E-state index contributed by atoms with van der Waals surface area (Å²) in [4.78, 5) is 22.7. The molecule has 0 aliphatic carbocycles. The Labute approximate surface area is 116 Å². The van der Waals surface area contributed by atoms with Gasteiger partial charge in [-0.25, -0.2) is 9.59 Å². The average molecular weight is 282 g/mol. The topological polar surface area (TPSA) is 96.9 Å². The molecule has 1 aromatic carbocycles. The van der Waals surface area contributed by atoms with Crippen molar-refractivity contribution in [1.82, 2.24) is 5.32 Å². The van der Waals surface area contributed by atoms with Crippen LogP contribution in [0.3, 0.4) is 0 Å². The summed E-state index contributed by atoms with van der Waals surface area (Å²) in [5.74, 6) is -0.678. The molecule has 0 aliphatic rings. The maximum Gasteiger partial charge on any atom is 0.328 e. The van der Waals surface area contributed by atoms with Crippen molar-refractivity contribution in [2.75, 3.05) is 26.1 Å². The highest BCUT2D eigenvalue weighted by Crippen LogP contribution is 2.24. The summed E-state index contributed by atoms with van der Waals surface area (Å²) in [5, 5.41) is 13.8. The number of carboxylic acid groups (broad SMARTS) is 1. The third kappa shape index (κ3) is 4.43. The molecule has 0 radical (unpaired) electrons. The normalized spacial score (nSPS) is 11.6. The number of aliphatic carboxylic acids is 1. The molecule has 0 heterocycles. The molecule has 0 saturated carbocycles. The van der Waals surface area contributed by atoms with Crippen LogP contribution >= 0.6 is 0 Å². The van der Waals surface area contributed by atoms with Crippen molar-refractivity contribution in [3.63, 3.8) is 0 Å². The van der Waals surface area contributed by atoms with Crippen molar-refractivity contribution < 1.29 is 24.2 Å². The molecule has 110 valence electrons. The zero-order valence-corrected chi connectivity index (χ0v) is 11.6. The summed E-state index contributed by atoms with van der Waals surface area (Å²) in [7, 11) is 2.85. The van der Waals surface area contributed by atoms with E-state index in [1.807, 2.05) is 13.0 Å². The zero-order valence-electron chi connectivity index (χ0n) is 11.6. The second kappa shape index (κ2) is 7.34. The van der Waals surface area contributed by atoms with Gasteiger partial charge < -0.3 is 25.2 Å². The van der Waals surface area contributed by atoms with E-state index in [9.17, 15) is 9.59 Å². The first-order chi connectivity index (χ1) is 9.47. The number of amides is 2. The lowest BCUT2D eigenvalue weighted by molar-refractivity contribution is -0.140. The SMILES string of the molecule is COCC(NC(=O)Nc1cc(C)ccc1OC)C(=O)O. The first kappa shape index (κ1) is 15.8. The number of carboxylic acids is 1. The Morgan fingerprint density at radius 3 is 2.60 bits per heavy atom. The standard InChI is InChI=1S/C13H18N2O5/c1-8-4-5-11(20-3)9(6-8)14-13(18)15-10(7-19-2)12(16)17/h4-6,10H,7H2,1-3H3,(H,16,17)(H2,14,15,18). The molecule has 1 unspecified atom stereocenters. The number of aryl methyl sites for hydroxylation is 1. The molecule has 0 spiro atoms. The number of anilines is 1. The zero-order chi connectivity index (χ0) is 15.1. The molecular formula is C13H18N2O5. The van der Waals surface area contributed by atoms with Gasteiger partial charge in [-0.2, -0.15) is 0 Å². The minimum atomic E-state index is -1.17. The number of rotatable bonds is 6. The Morgan fingerprint density at radius 1 is 1.35 bits per heavy atom. The van der Waals surface area contributed by atoms with Gasteiger partial charge in [-0.15, -0.1) is 0 Å². The maximum atomic E-state index is 11.8. The molecule has 0 bridgehead atoms. The lowest BCUT2D eigenvalue weighted by atomic mass is 10.2. The molecule has 0 fully saturated rings. The van der Waals surface area contributed by atoms with E-state index < -0.39 is 18.0 Å². The maximum absolute atomic E-state index is 11.8. The fourth-order valence-corrected chi connectivity index (χ4v) is 1.58. The van der Waals surface area contributed by atoms with E-state index in [0.29, 0.717) is 11.4 Å². The van der Waals surface area contributed by atoms with Crippen LogP contribution in [0.2, 0.25) is 0 Å². The van der Waals surface area contributed by atoms with E-state index in [-0.39, 0.29) is 6.61 Å². The number of ether oxygens (including phenoxy) is 2. The van der Waals surface area contributed by atoms with Gasteiger partial charge in [0.1, 0.15) is 5.75 Å². The van der Waals surface area contributed by atoms with E-state index in [4.69, 9.17) is 14.6 Å². The number of nitrogens with one attached hydrogen (secondary N) is 2. The molecule has 1 atom stereocenters. The van der Waals surface area contributed by atoms with Crippen molar-refractivity contribution in [1.29, 1.82) is 0 Å². The summed E-state index contributed by atoms with van der Waals surface area (Å²) in [6.45, 7) is 1.75. The summed E-state index contributed by atoms with van der Waals surface area (Å²) >= 11 is 0. The first-order valence-corrected chi connectivity index (χ1v) is 5.91. The van der Waals surface area contributed by atoms with Crippen molar-refractivity contribution in [2.24, 2.45) is 0 Å². The molecule has 20 heavy (non-hydrogen) atoms. The highest BCUT2D eigenvalue weighted by atomic mass is 16.5. The van der Waals surface area contributed by atoms with Gasteiger partial charge in [0, 0.05) is 7.11 Å². The number of urea groups is 1. The van der Waals surface area contributed by atoms with Crippen LogP contribution in [0.25, 0.3) is 0 Å². The Morgan fingerprint density at radius 2 is 2.05 bits per heavy atom. The van der Waals surface area contributed by atoms with E-state index >= 15 is 0 Å². The Balaban J connectivity index is 2.75. The van der Waals surface area contributed by atoms with Crippen LogP contribution in [0, 0.1) is 6.92 Å². The van der Waals surface area contributed by atoms with Gasteiger partial charge in [-0.3, -0.25) is 0 Å². The van der Waals surface area contributed by atoms with Crippen LogP contribution in [0.1, 0.15) is 5.56 Å². The fraction of sp³-hybridized carbons (Fsp3) is 0.385. The largest absolute Gasteiger partial charge is 0.495 e. The van der Waals surface area contributed by atoms with Crippen LogP contribution in [0.5, 0.6) is 5.75 Å². The molecule has 1 rings (SSSR count). The number of hydrogen-bond acceptors (Lipinski definition) is 4. The van der Waals surface area contributed by atoms with Gasteiger partial charge in [-0.05, 0) is 24.6 Å². The molecule has 0 aliphatic heterocycles. The van der Waals surface area contributed by atoms with Gasteiger partial charge in [0.15, 0.2) is 6.04 Å². The number of methoxy groups -OCH3 is 2. The van der Waals surface area contributed by atoms with Gasteiger partial charge in [0.25, 0.3) is 0 Å². The number of carbonyl (C=O) groups excluding carboxylic acids is 1. The van der Waals surface area contributed by atoms with E-state index in [1.165, 1.54) is 14.2 Å². The minimum Gasteiger partial charge on any atom is -0.495 e. The van der Waals surface area contributed by atoms with Crippen LogP contribution in [-0.4, -0.2) is 44.0 Å². The van der Waals surface area contributed by atoms with Crippen LogP contribution < -0.4 is 15.4 Å². The van der Waals surface area contributed by atoms with E-state index in [1.54, 1.807) is 12.1 Å². The predicted molar refractivity (Wildman–Crippen MR) is 73.2 cm³/mol. The molecule has 3 N–H and O–H groups in total. The van der Waals surface area contributed by atoms with Gasteiger partial charge in [0.2, 0.25) is 0 Å². The number of carbonyl (C=O) groups is 2. The van der Waals surface area contributed by atoms with Crippen molar-refractivity contribution in [2.45, 2.75) is 13.0 Å². The Kier molecular flexibility index (Phi) is 5.79. The number of hydrogen-bond donors (Lipinski definition) is 3. The summed E-state index contributed by atoms with van der Waals surface area (Å²) in [6.07, 6.45) is 0. The lowest BCUT2D eigenvalue weighted by Gasteiger charge is -2.15. The third-order valence-electron chi connectivity index (χ3n) is 2.54. The summed E-state index contributed by atoms with van der Waals surface area (Å²) in [6, 6.07) is 3.53. The van der Waals surface area contributed by atoms with Gasteiger partial charge in [-0.1, -0.05) is 6.07 Å². The molecule has 7 heteroatoms. The molecular weight excluding hydrogens is 264 g/mol. The van der Waals surface area contributed by atoms with Crippen molar-refractivity contribution >= 4 is 17.7 Å². The summed E-state index contributed by atoms with van der Waals surface area (Å²) < 4.78 is 9.85. The van der Waals surface area contributed by atoms with E-state index in [0.717, 1.165) is 5.56 Å². The van der Waals surface area contributed by atoms with Crippen LogP contribution in [0.15, 0.2) is 18.2 Å². The Bertz CT molecular complexity index is 490. The fourth-order valence-electron chi connectivity index (χ4n) is 1.58. The Hall–Kier alpha value is -2.28. The molecule has 2 amide bonds. The molecule has 7 nitrogen and oxygen atoms in total. The monoisotopic (exact) mass is 282 g/mol. The predicted octanol–water partition coefficient (Wildman–Crippen LogP) is 1.22. The van der Waals surface area contributed by atoms with Crippen LogP contribution in [0.4, 0.5) is 10.5 Å². The number of benzene rings is 1. The second-order valence-electron chi connectivity index (χ2n) is 4.15. The smallest absolute Gasteiger partial charge is 0.328 e. The van der Waals surface area contributed by atoms with Crippen LogP contribution in [-0.2, 0) is 9.53 Å². The summed E-state index contributed by atoms with van der Waals surface area (Å²) in [5.41, 5.74) is 1.40. The molecule has 0 saturated heterocycles. The first-order valence-electron chi connectivity index (χ1n) is 5.91. The minimum absolute atomic E-state index is 0.117. The highest BCUT2D eigenvalue weighted by molar-refractivity contribution is 5.93. The van der Waals surface area contributed by atoms with Gasteiger partial charge >= 0.3 is 12.0 Å². The lowest BCUT2D eigenvalue weighted by Crippen LogP contribution is -2.45. The van der Waals surface area contributed by atoms with E-state index in [2.05, 4.69) is 10.6 Å². The highest BCUT2D eigenvalue weighted by Gasteiger charge is 2.20. The quantitative estimate of drug-likeness (QED) is 0.729. The van der Waals surface area contributed by atoms with Crippen molar-refractivity contribution in [3.8, 4) is 5.75 Å². The second-order valence-corrected chi connectivity index (χ2v) is 4.15. The van der Waals surface area contributed by atoms with Crippen molar-refractivity contribution in [3.05, 3.63) is 23.8 Å². The molecule has 1 aromatic rings. The molecule has 0 aromatic heterocycles. The third-order valence-corrected chi connectivity index (χ3v) is 2.54. The van der Waals surface area contributed by atoms with Gasteiger partial charge in [0.05, 0.1) is 19.4 Å².